The Morgan fingerprint density at radius 2 is 2.20 bits per heavy atom. The maximum absolute atomic E-state index is 6.05. The van der Waals surface area contributed by atoms with Crippen molar-refractivity contribution in [3.63, 3.8) is 0 Å². The predicted octanol–water partition coefficient (Wildman–Crippen LogP) is 2.11. The van der Waals surface area contributed by atoms with Crippen molar-refractivity contribution in [3.05, 3.63) is 21.9 Å². The maximum Gasteiger partial charge on any atom is 0.0700 e. The summed E-state index contributed by atoms with van der Waals surface area (Å²) in [7, 11) is 1.67. The van der Waals surface area contributed by atoms with E-state index in [0.29, 0.717) is 19.8 Å². The van der Waals surface area contributed by atoms with Crippen LogP contribution in [0.3, 0.4) is 0 Å². The fourth-order valence-electron chi connectivity index (χ4n) is 1.35. The molecule has 86 valence electrons. The van der Waals surface area contributed by atoms with Crippen molar-refractivity contribution in [1.82, 2.24) is 0 Å². The quantitative estimate of drug-likeness (QED) is 0.728. The van der Waals surface area contributed by atoms with Crippen molar-refractivity contribution in [3.8, 4) is 0 Å². The summed E-state index contributed by atoms with van der Waals surface area (Å²) in [4.78, 5) is 1.27. The highest BCUT2D eigenvalue weighted by Crippen LogP contribution is 2.24. The van der Waals surface area contributed by atoms with Crippen molar-refractivity contribution in [2.45, 2.75) is 19.4 Å². The summed E-state index contributed by atoms with van der Waals surface area (Å²) in [5, 5.41) is 2.08. The molecule has 0 aliphatic carbocycles. The topological polar surface area (TPSA) is 44.5 Å². The van der Waals surface area contributed by atoms with Gasteiger partial charge in [-0.1, -0.05) is 0 Å². The van der Waals surface area contributed by atoms with E-state index in [1.54, 1.807) is 18.4 Å². The molecule has 1 aromatic heterocycles. The van der Waals surface area contributed by atoms with Gasteiger partial charge in [-0.3, -0.25) is 0 Å². The standard InChI is InChI=1S/C11H19NO2S/c1-9-4-8-15-11(9)10(12)3-5-14-7-6-13-2/h4,8,10H,3,5-7,12H2,1-2H3. The van der Waals surface area contributed by atoms with Gasteiger partial charge in [-0.25, -0.2) is 0 Å². The zero-order valence-corrected chi connectivity index (χ0v) is 10.2. The molecule has 0 saturated heterocycles. The van der Waals surface area contributed by atoms with Crippen LogP contribution < -0.4 is 5.73 Å². The average molecular weight is 229 g/mol. The number of thiophene rings is 1. The minimum atomic E-state index is 0.104. The first kappa shape index (κ1) is 12.6. The number of nitrogens with two attached hydrogens (primary N) is 1. The Morgan fingerprint density at radius 1 is 1.40 bits per heavy atom. The lowest BCUT2D eigenvalue weighted by atomic mass is 10.1. The molecule has 1 heterocycles. The van der Waals surface area contributed by atoms with Crippen LogP contribution in [0.5, 0.6) is 0 Å². The van der Waals surface area contributed by atoms with Gasteiger partial charge in [0.05, 0.1) is 13.2 Å². The van der Waals surface area contributed by atoms with Crippen LogP contribution in [0.25, 0.3) is 0 Å². The Morgan fingerprint density at radius 3 is 2.80 bits per heavy atom. The summed E-state index contributed by atoms with van der Waals surface area (Å²) in [6.45, 7) is 4.08. The lowest BCUT2D eigenvalue weighted by molar-refractivity contribution is 0.0673. The smallest absolute Gasteiger partial charge is 0.0700 e. The molecular formula is C11H19NO2S. The number of methoxy groups -OCH3 is 1. The number of rotatable bonds is 7. The van der Waals surface area contributed by atoms with Gasteiger partial charge in [0, 0.05) is 24.6 Å². The third kappa shape index (κ3) is 4.30. The van der Waals surface area contributed by atoms with Gasteiger partial charge >= 0.3 is 0 Å². The fraction of sp³-hybridized carbons (Fsp3) is 0.636. The Hall–Kier alpha value is -0.420. The van der Waals surface area contributed by atoms with Crippen LogP contribution in [0.1, 0.15) is 22.9 Å². The minimum absolute atomic E-state index is 0.104. The second kappa shape index (κ2) is 6.95. The number of hydrogen-bond donors (Lipinski definition) is 1. The highest BCUT2D eigenvalue weighted by Gasteiger charge is 2.09. The van der Waals surface area contributed by atoms with Crippen molar-refractivity contribution >= 4 is 11.3 Å². The monoisotopic (exact) mass is 229 g/mol. The highest BCUT2D eigenvalue weighted by molar-refractivity contribution is 7.10. The first-order valence-electron chi connectivity index (χ1n) is 5.12. The molecular weight excluding hydrogens is 210 g/mol. The number of ether oxygens (including phenoxy) is 2. The minimum Gasteiger partial charge on any atom is -0.382 e. The van der Waals surface area contributed by atoms with Gasteiger partial charge in [0.1, 0.15) is 0 Å². The summed E-state index contributed by atoms with van der Waals surface area (Å²) >= 11 is 1.72. The zero-order chi connectivity index (χ0) is 11.1. The maximum atomic E-state index is 6.05. The second-order valence-electron chi connectivity index (χ2n) is 3.47. The highest BCUT2D eigenvalue weighted by atomic mass is 32.1. The molecule has 0 saturated carbocycles. The Bertz CT molecular complexity index is 275. The first-order chi connectivity index (χ1) is 7.25. The van der Waals surface area contributed by atoms with Crippen molar-refractivity contribution in [2.75, 3.05) is 26.9 Å². The third-order valence-corrected chi connectivity index (χ3v) is 3.39. The largest absolute Gasteiger partial charge is 0.382 e. The van der Waals surface area contributed by atoms with Crippen LogP contribution in [0.15, 0.2) is 11.4 Å². The van der Waals surface area contributed by atoms with Crippen LogP contribution in [-0.4, -0.2) is 26.9 Å². The third-order valence-electron chi connectivity index (χ3n) is 2.24. The Labute approximate surface area is 95.2 Å². The van der Waals surface area contributed by atoms with Crippen LogP contribution in [-0.2, 0) is 9.47 Å². The fourth-order valence-corrected chi connectivity index (χ4v) is 2.32. The molecule has 1 rings (SSSR count). The summed E-state index contributed by atoms with van der Waals surface area (Å²) in [6, 6.07) is 2.21. The average Bonchev–Trinajstić information content (AvgIpc) is 2.64. The molecule has 4 heteroatoms. The van der Waals surface area contributed by atoms with Crippen LogP contribution in [0.2, 0.25) is 0 Å². The normalized spacial score (nSPS) is 13.0. The van der Waals surface area contributed by atoms with E-state index in [4.69, 9.17) is 15.2 Å². The van der Waals surface area contributed by atoms with E-state index in [2.05, 4.69) is 18.4 Å². The predicted molar refractivity (Wildman–Crippen MR) is 63.3 cm³/mol. The van der Waals surface area contributed by atoms with Crippen LogP contribution in [0.4, 0.5) is 0 Å². The molecule has 15 heavy (non-hydrogen) atoms. The molecule has 0 aliphatic rings. The molecule has 1 unspecified atom stereocenters. The molecule has 1 aromatic rings. The number of hydrogen-bond acceptors (Lipinski definition) is 4. The van der Waals surface area contributed by atoms with Gasteiger partial charge in [0.15, 0.2) is 0 Å². The van der Waals surface area contributed by atoms with Gasteiger partial charge in [0.2, 0.25) is 0 Å². The molecule has 0 spiro atoms. The Kier molecular flexibility index (Phi) is 5.86. The lowest BCUT2D eigenvalue weighted by Gasteiger charge is -2.11. The van der Waals surface area contributed by atoms with Crippen molar-refractivity contribution in [2.24, 2.45) is 5.73 Å². The van der Waals surface area contributed by atoms with E-state index in [1.807, 2.05) is 0 Å². The van der Waals surface area contributed by atoms with E-state index in [0.717, 1.165) is 6.42 Å². The molecule has 3 nitrogen and oxygen atoms in total. The van der Waals surface area contributed by atoms with Gasteiger partial charge in [-0.15, -0.1) is 11.3 Å². The molecule has 0 bridgehead atoms. The molecule has 0 fully saturated rings. The zero-order valence-electron chi connectivity index (χ0n) is 9.36. The van der Waals surface area contributed by atoms with Gasteiger partial charge in [-0.2, -0.15) is 0 Å². The van der Waals surface area contributed by atoms with Gasteiger partial charge < -0.3 is 15.2 Å². The molecule has 0 aromatic carbocycles. The van der Waals surface area contributed by atoms with Crippen molar-refractivity contribution < 1.29 is 9.47 Å². The SMILES string of the molecule is COCCOCCC(N)c1sccc1C. The summed E-state index contributed by atoms with van der Waals surface area (Å²) in [5.74, 6) is 0. The summed E-state index contributed by atoms with van der Waals surface area (Å²) in [6.07, 6.45) is 0.866. The second-order valence-corrected chi connectivity index (χ2v) is 4.42. The molecule has 1 atom stereocenters. The van der Waals surface area contributed by atoms with Crippen molar-refractivity contribution in [1.29, 1.82) is 0 Å². The van der Waals surface area contributed by atoms with Crippen LogP contribution >= 0.6 is 11.3 Å². The Balaban J connectivity index is 2.19. The molecule has 0 radical (unpaired) electrons. The lowest BCUT2D eigenvalue weighted by Crippen LogP contribution is -2.13. The first-order valence-corrected chi connectivity index (χ1v) is 6.00. The van der Waals surface area contributed by atoms with E-state index in [9.17, 15) is 0 Å². The van der Waals surface area contributed by atoms with Gasteiger partial charge in [-0.05, 0) is 30.4 Å². The number of aryl methyl sites for hydroxylation is 1. The molecule has 0 aliphatic heterocycles. The van der Waals surface area contributed by atoms with Crippen LogP contribution in [0, 0.1) is 6.92 Å². The molecule has 0 amide bonds. The summed E-state index contributed by atoms with van der Waals surface area (Å²) in [5.41, 5.74) is 7.34. The summed E-state index contributed by atoms with van der Waals surface area (Å²) < 4.78 is 10.3. The van der Waals surface area contributed by atoms with E-state index in [-0.39, 0.29) is 6.04 Å². The van der Waals surface area contributed by atoms with E-state index < -0.39 is 0 Å². The molecule has 2 N–H and O–H groups in total. The van der Waals surface area contributed by atoms with E-state index in [1.165, 1.54) is 10.4 Å². The van der Waals surface area contributed by atoms with E-state index >= 15 is 0 Å². The van der Waals surface area contributed by atoms with Gasteiger partial charge in [0.25, 0.3) is 0 Å².